The molecule has 0 saturated heterocycles. The van der Waals surface area contributed by atoms with E-state index in [-0.39, 0.29) is 0 Å². The van der Waals surface area contributed by atoms with Crippen molar-refractivity contribution in [3.05, 3.63) is 46.5 Å². The highest BCUT2D eigenvalue weighted by atomic mass is 31.2. The van der Waals surface area contributed by atoms with Gasteiger partial charge in [-0.25, -0.2) is 35.7 Å². The molecule has 0 bridgehead atoms. The van der Waals surface area contributed by atoms with Crippen LogP contribution in [0.3, 0.4) is 0 Å². The molecule has 0 N–H and O–H groups in total. The van der Waals surface area contributed by atoms with E-state index in [1.54, 1.807) is 0 Å². The van der Waals surface area contributed by atoms with Crippen LogP contribution in [0, 0.1) is 46.5 Å². The van der Waals surface area contributed by atoms with Crippen molar-refractivity contribution in [2.45, 2.75) is 20.3 Å². The van der Waals surface area contributed by atoms with Crippen LogP contribution in [-0.2, 0) is 0 Å². The van der Waals surface area contributed by atoms with Crippen LogP contribution in [0.2, 0.25) is 0 Å². The van der Waals surface area contributed by atoms with Crippen LogP contribution in [0.5, 0.6) is 23.0 Å². The fourth-order valence-corrected chi connectivity index (χ4v) is 3.84. The fourth-order valence-electron chi connectivity index (χ4n) is 2.07. The van der Waals surface area contributed by atoms with Crippen LogP contribution in [0.15, 0.2) is 0 Å². The van der Waals surface area contributed by atoms with E-state index in [0.717, 1.165) is 0 Å². The second-order valence-electron chi connectivity index (χ2n) is 5.35. The van der Waals surface area contributed by atoms with Crippen molar-refractivity contribution in [1.82, 2.24) is 0 Å². The lowest BCUT2D eigenvalue weighted by molar-refractivity contribution is 0.320. The van der Waals surface area contributed by atoms with Crippen molar-refractivity contribution in [1.29, 1.82) is 0 Å². The first-order valence-electron chi connectivity index (χ1n) is 7.47. The van der Waals surface area contributed by atoms with E-state index >= 15 is 0 Å². The smallest absolute Gasteiger partial charge is 0.233 e. The van der Waals surface area contributed by atoms with Crippen molar-refractivity contribution in [2.24, 2.45) is 0 Å². The Morgan fingerprint density at radius 1 is 0.464 bits per heavy atom. The van der Waals surface area contributed by atoms with Gasteiger partial charge in [0, 0.05) is 0 Å². The molecule has 152 valence electrons. The van der Waals surface area contributed by atoms with E-state index < -0.39 is 77.7 Å². The van der Waals surface area contributed by atoms with Gasteiger partial charge in [0.1, 0.15) is 0 Å². The Morgan fingerprint density at radius 2 is 0.643 bits per heavy atom. The highest BCUT2D eigenvalue weighted by Crippen LogP contribution is 2.74. The van der Waals surface area contributed by atoms with E-state index in [9.17, 15) is 35.1 Å². The zero-order chi connectivity index (χ0) is 21.0. The lowest BCUT2D eigenvalue weighted by Crippen LogP contribution is -2.10. The minimum absolute atomic E-state index is 1.25. The first-order chi connectivity index (χ1) is 13.1. The summed E-state index contributed by atoms with van der Waals surface area (Å²) in [5, 5.41) is 0. The molecule has 2 aromatic rings. The molecule has 2 aromatic carbocycles. The molecule has 13 heteroatoms. The third-order valence-electron chi connectivity index (χ3n) is 3.18. The Hall–Kier alpha value is -2.49. The maximum absolute atomic E-state index is 13.6. The Bertz CT molecular complexity index is 829. The highest BCUT2D eigenvalue weighted by molar-refractivity contribution is 7.58. The third kappa shape index (κ3) is 2.78. The Kier molecular flexibility index (Phi) is 4.95. The van der Waals surface area contributed by atoms with E-state index in [1.165, 1.54) is 6.42 Å². The summed E-state index contributed by atoms with van der Waals surface area (Å²) in [5.41, 5.74) is 0. The fraction of sp³-hybridized carbons (Fsp3) is 0.200. The summed E-state index contributed by atoms with van der Waals surface area (Å²) >= 11 is 0. The lowest BCUT2D eigenvalue weighted by atomic mass is 10.2. The maximum Gasteiger partial charge on any atom is 0.767 e. The number of fused-ring (bicyclic) bond motifs is 2. The average molecular weight is 435 g/mol. The number of halogens is 8. The molecule has 0 saturated carbocycles. The average Bonchev–Trinajstić information content (AvgIpc) is 3.23. The molecule has 4 nitrogen and oxygen atoms in total. The summed E-state index contributed by atoms with van der Waals surface area (Å²) < 4.78 is 126. The molecule has 0 atom stereocenters. The van der Waals surface area contributed by atoms with Gasteiger partial charge in [-0.05, 0) is 0 Å². The number of hydrogen-bond acceptors (Lipinski definition) is 4. The predicted molar refractivity (Wildman–Crippen MR) is 77.9 cm³/mol. The lowest BCUT2D eigenvalue weighted by Gasteiger charge is -2.03. The molecule has 0 aliphatic carbocycles. The van der Waals surface area contributed by atoms with E-state index in [1.807, 2.05) is 0 Å². The highest BCUT2D eigenvalue weighted by Gasteiger charge is 2.70. The molecular formula is C15H8F8O4P+. The molecular weight excluding hydrogens is 427 g/mol. The van der Waals surface area contributed by atoms with Gasteiger partial charge in [0.2, 0.25) is 46.5 Å². The summed E-state index contributed by atoms with van der Waals surface area (Å²) in [7, 11) is -4.58. The minimum atomic E-state index is -4.58. The van der Waals surface area contributed by atoms with Gasteiger partial charge >= 0.3 is 8.17 Å². The van der Waals surface area contributed by atoms with Crippen LogP contribution in [-0.4, -0.2) is 0 Å². The van der Waals surface area contributed by atoms with E-state index in [4.69, 9.17) is 0 Å². The van der Waals surface area contributed by atoms with Gasteiger partial charge < -0.3 is 0 Å². The SMILES string of the molecule is CCC.Fc1c(F)c(F)c2c(c1F)O[P+]1(O2)Oc2c(F)c(F)c(F)c(F)c2O1. The van der Waals surface area contributed by atoms with Crippen LogP contribution in [0.25, 0.3) is 0 Å². The van der Waals surface area contributed by atoms with Gasteiger partial charge in [0.15, 0.2) is 0 Å². The van der Waals surface area contributed by atoms with Gasteiger partial charge in [-0.15, -0.1) is 0 Å². The molecule has 0 fully saturated rings. The summed E-state index contributed by atoms with van der Waals surface area (Å²) in [4.78, 5) is 0. The molecule has 4 rings (SSSR count). The van der Waals surface area contributed by atoms with Gasteiger partial charge in [-0.3, -0.25) is 0 Å². The molecule has 0 unspecified atom stereocenters. The third-order valence-corrected chi connectivity index (χ3v) is 4.80. The molecule has 2 aliphatic rings. The van der Waals surface area contributed by atoms with Crippen molar-refractivity contribution >= 4 is 8.17 Å². The topological polar surface area (TPSA) is 36.9 Å². The molecule has 0 aromatic heterocycles. The molecule has 1 spiro atoms. The van der Waals surface area contributed by atoms with Gasteiger partial charge in [-0.2, -0.15) is 17.6 Å². The number of hydrogen-bond donors (Lipinski definition) is 0. The molecule has 2 aliphatic heterocycles. The summed E-state index contributed by atoms with van der Waals surface area (Å²) in [6.45, 7) is 4.25. The normalized spacial score (nSPS) is 14.9. The van der Waals surface area contributed by atoms with Crippen molar-refractivity contribution in [3.63, 3.8) is 0 Å². The standard InChI is InChI=1S/C12F8O4P.C3H8/c13-1-2(14)6(18)10-9(5(1)17)21-25(22-10)23-11-7(19)3(15)4(16)8(20)12(11)24-25;1-3-2/h;3H2,1-2H3/q+1;. The quantitative estimate of drug-likeness (QED) is 0.216. The van der Waals surface area contributed by atoms with E-state index in [2.05, 4.69) is 31.9 Å². The Labute approximate surface area is 152 Å². The van der Waals surface area contributed by atoms with E-state index in [0.29, 0.717) is 0 Å². The first-order valence-corrected chi connectivity index (χ1v) is 8.93. The first kappa shape index (κ1) is 20.2. The van der Waals surface area contributed by atoms with Gasteiger partial charge in [-0.1, -0.05) is 20.3 Å². The van der Waals surface area contributed by atoms with Crippen molar-refractivity contribution < 1.29 is 53.2 Å². The largest absolute Gasteiger partial charge is 0.767 e. The molecule has 0 radical (unpaired) electrons. The van der Waals surface area contributed by atoms with Crippen LogP contribution in [0.1, 0.15) is 20.3 Å². The number of benzene rings is 2. The van der Waals surface area contributed by atoms with Crippen molar-refractivity contribution in [2.75, 3.05) is 0 Å². The molecule has 28 heavy (non-hydrogen) atoms. The second kappa shape index (κ2) is 6.84. The van der Waals surface area contributed by atoms with Gasteiger partial charge in [0.25, 0.3) is 23.0 Å². The predicted octanol–water partition coefficient (Wildman–Crippen LogP) is 6.14. The summed E-state index contributed by atoms with van der Waals surface area (Å²) in [6, 6.07) is 0. The van der Waals surface area contributed by atoms with Crippen LogP contribution >= 0.6 is 8.17 Å². The second-order valence-corrected chi connectivity index (χ2v) is 6.97. The zero-order valence-corrected chi connectivity index (χ0v) is 14.7. The summed E-state index contributed by atoms with van der Waals surface area (Å²) in [6.07, 6.45) is 1.25. The van der Waals surface area contributed by atoms with Crippen LogP contribution in [0.4, 0.5) is 35.1 Å². The van der Waals surface area contributed by atoms with Crippen LogP contribution < -0.4 is 18.1 Å². The Balaban J connectivity index is 0.000000706. The number of rotatable bonds is 0. The molecule has 2 heterocycles. The monoisotopic (exact) mass is 435 g/mol. The minimum Gasteiger partial charge on any atom is -0.233 e. The Morgan fingerprint density at radius 3 is 0.821 bits per heavy atom. The van der Waals surface area contributed by atoms with Crippen molar-refractivity contribution in [3.8, 4) is 23.0 Å². The maximum atomic E-state index is 13.6. The molecule has 0 amide bonds. The summed E-state index contributed by atoms with van der Waals surface area (Å²) in [5.74, 6) is -22.5. The van der Waals surface area contributed by atoms with Gasteiger partial charge in [0.05, 0.1) is 0 Å². The zero-order valence-electron chi connectivity index (χ0n) is 13.8.